The maximum atomic E-state index is 12.3. The van der Waals surface area contributed by atoms with E-state index in [0.717, 1.165) is 24.6 Å². The van der Waals surface area contributed by atoms with E-state index in [9.17, 15) is 9.90 Å². The molecule has 0 radical (unpaired) electrons. The van der Waals surface area contributed by atoms with Crippen LogP contribution in [0.25, 0.3) is 10.8 Å². The number of rotatable bonds is 4. The van der Waals surface area contributed by atoms with Crippen molar-refractivity contribution in [3.8, 4) is 0 Å². The lowest BCUT2D eigenvalue weighted by Crippen LogP contribution is -2.29. The summed E-state index contributed by atoms with van der Waals surface area (Å²) in [6.07, 6.45) is 8.49. The molecule has 2 atom stereocenters. The van der Waals surface area contributed by atoms with E-state index in [2.05, 4.69) is 30.6 Å². The molecule has 0 amide bonds. The summed E-state index contributed by atoms with van der Waals surface area (Å²) in [5, 5.41) is 17.7. The van der Waals surface area contributed by atoms with Crippen molar-refractivity contribution < 1.29 is 5.11 Å². The van der Waals surface area contributed by atoms with E-state index in [-0.39, 0.29) is 11.6 Å². The highest BCUT2D eigenvalue weighted by molar-refractivity contribution is 5.93. The predicted molar refractivity (Wildman–Crippen MR) is 94.9 cm³/mol. The van der Waals surface area contributed by atoms with Gasteiger partial charge in [-0.25, -0.2) is 9.97 Å². The fourth-order valence-electron chi connectivity index (χ4n) is 3.16. The van der Waals surface area contributed by atoms with Crippen molar-refractivity contribution >= 4 is 28.2 Å². The predicted octanol–water partition coefficient (Wildman–Crippen LogP) is 1.78. The number of hydrogen-bond acceptors (Lipinski definition) is 7. The van der Waals surface area contributed by atoms with Gasteiger partial charge in [-0.1, -0.05) is 0 Å². The van der Waals surface area contributed by atoms with Gasteiger partial charge in [0.1, 0.15) is 17.5 Å². The molecule has 0 bridgehead atoms. The summed E-state index contributed by atoms with van der Waals surface area (Å²) in [6.45, 7) is 0. The van der Waals surface area contributed by atoms with Gasteiger partial charge in [-0.2, -0.15) is 0 Å². The summed E-state index contributed by atoms with van der Waals surface area (Å²) in [5.74, 6) is 1.57. The van der Waals surface area contributed by atoms with E-state index in [0.29, 0.717) is 22.8 Å². The Hall–Kier alpha value is -3.00. The molecule has 1 fully saturated rings. The molecule has 4 rings (SSSR count). The minimum Gasteiger partial charge on any atom is -0.391 e. The molecular formula is C17H18N6O2. The fraction of sp³-hybridized carbons (Fsp3) is 0.294. The first-order valence-corrected chi connectivity index (χ1v) is 8.21. The number of aromatic nitrogens is 4. The third-order valence-electron chi connectivity index (χ3n) is 4.38. The summed E-state index contributed by atoms with van der Waals surface area (Å²) >= 11 is 0. The summed E-state index contributed by atoms with van der Waals surface area (Å²) in [7, 11) is 0. The molecule has 25 heavy (non-hydrogen) atoms. The molecule has 3 aromatic heterocycles. The maximum absolute atomic E-state index is 12.3. The van der Waals surface area contributed by atoms with Crippen molar-refractivity contribution in [2.45, 2.75) is 31.4 Å². The summed E-state index contributed by atoms with van der Waals surface area (Å²) in [5.41, 5.74) is -0.217. The summed E-state index contributed by atoms with van der Waals surface area (Å²) in [4.78, 5) is 27.7. The number of aliphatic hydroxyl groups excluding tert-OH is 1. The molecule has 2 unspecified atom stereocenters. The van der Waals surface area contributed by atoms with Crippen LogP contribution in [-0.2, 0) is 0 Å². The van der Waals surface area contributed by atoms with Gasteiger partial charge < -0.3 is 20.7 Å². The summed E-state index contributed by atoms with van der Waals surface area (Å²) < 4.78 is 0. The van der Waals surface area contributed by atoms with Gasteiger partial charge in [-0.3, -0.25) is 9.78 Å². The van der Waals surface area contributed by atoms with E-state index >= 15 is 0 Å². The number of hydrogen-bond donors (Lipinski definition) is 4. The Morgan fingerprint density at radius 2 is 2.16 bits per heavy atom. The Balaban J connectivity index is 1.76. The van der Waals surface area contributed by atoms with Crippen molar-refractivity contribution in [3.05, 3.63) is 47.3 Å². The van der Waals surface area contributed by atoms with Gasteiger partial charge in [0.2, 0.25) is 0 Å². The number of aliphatic hydroxyl groups is 1. The first-order valence-electron chi connectivity index (χ1n) is 8.21. The lowest BCUT2D eigenvalue weighted by Gasteiger charge is -2.19. The minimum absolute atomic E-state index is 0.109. The van der Waals surface area contributed by atoms with Crippen LogP contribution in [-0.4, -0.2) is 37.2 Å². The van der Waals surface area contributed by atoms with Crippen LogP contribution in [0.1, 0.15) is 19.3 Å². The molecule has 0 aromatic carbocycles. The van der Waals surface area contributed by atoms with Gasteiger partial charge in [-0.05, 0) is 36.8 Å². The average molecular weight is 338 g/mol. The molecule has 1 aliphatic carbocycles. The first kappa shape index (κ1) is 15.5. The van der Waals surface area contributed by atoms with Crippen LogP contribution >= 0.6 is 0 Å². The molecule has 8 nitrogen and oxygen atoms in total. The van der Waals surface area contributed by atoms with Gasteiger partial charge >= 0.3 is 0 Å². The number of pyridine rings is 2. The molecule has 4 N–H and O–H groups in total. The zero-order valence-corrected chi connectivity index (χ0v) is 13.4. The van der Waals surface area contributed by atoms with E-state index in [1.165, 1.54) is 0 Å². The molecule has 128 valence electrons. The van der Waals surface area contributed by atoms with Crippen LogP contribution in [0.2, 0.25) is 0 Å². The van der Waals surface area contributed by atoms with Crippen molar-refractivity contribution in [2.24, 2.45) is 0 Å². The van der Waals surface area contributed by atoms with Crippen LogP contribution in [0.4, 0.5) is 17.5 Å². The number of anilines is 3. The van der Waals surface area contributed by atoms with Gasteiger partial charge in [0, 0.05) is 18.6 Å². The Kier molecular flexibility index (Phi) is 4.02. The largest absolute Gasteiger partial charge is 0.391 e. The van der Waals surface area contributed by atoms with Crippen LogP contribution in [0.5, 0.6) is 0 Å². The normalized spacial score (nSPS) is 19.9. The van der Waals surface area contributed by atoms with Gasteiger partial charge in [0.15, 0.2) is 0 Å². The molecule has 8 heteroatoms. The number of nitrogens with one attached hydrogen (secondary N) is 3. The van der Waals surface area contributed by atoms with E-state index < -0.39 is 6.10 Å². The molecule has 1 aliphatic rings. The third kappa shape index (κ3) is 3.16. The van der Waals surface area contributed by atoms with Crippen molar-refractivity contribution in [3.63, 3.8) is 0 Å². The minimum atomic E-state index is -0.434. The second-order valence-corrected chi connectivity index (χ2v) is 6.09. The topological polar surface area (TPSA) is 116 Å². The zero-order valence-electron chi connectivity index (χ0n) is 13.4. The van der Waals surface area contributed by atoms with E-state index in [4.69, 9.17) is 0 Å². The Bertz CT molecular complexity index is 943. The first-order chi connectivity index (χ1) is 12.2. The van der Waals surface area contributed by atoms with Crippen LogP contribution in [0, 0.1) is 0 Å². The number of fused-ring (bicyclic) bond motifs is 1. The van der Waals surface area contributed by atoms with Crippen LogP contribution in [0.15, 0.2) is 41.7 Å². The molecule has 1 saturated carbocycles. The molecular weight excluding hydrogens is 320 g/mol. The smallest absolute Gasteiger partial charge is 0.259 e. The van der Waals surface area contributed by atoms with E-state index in [1.807, 2.05) is 6.07 Å². The van der Waals surface area contributed by atoms with Crippen molar-refractivity contribution in [2.75, 3.05) is 10.6 Å². The monoisotopic (exact) mass is 338 g/mol. The Morgan fingerprint density at radius 3 is 2.92 bits per heavy atom. The van der Waals surface area contributed by atoms with E-state index in [1.54, 1.807) is 30.9 Å². The maximum Gasteiger partial charge on any atom is 0.259 e. The lowest BCUT2D eigenvalue weighted by molar-refractivity contribution is 0.171. The van der Waals surface area contributed by atoms with Crippen LogP contribution in [0.3, 0.4) is 0 Å². The number of H-pyrrole nitrogens is 1. The van der Waals surface area contributed by atoms with Crippen LogP contribution < -0.4 is 16.2 Å². The van der Waals surface area contributed by atoms with Gasteiger partial charge in [-0.15, -0.1) is 0 Å². The van der Waals surface area contributed by atoms with Crippen molar-refractivity contribution in [1.29, 1.82) is 0 Å². The average Bonchev–Trinajstić information content (AvgIpc) is 3.00. The van der Waals surface area contributed by atoms with Gasteiger partial charge in [0.25, 0.3) is 5.56 Å². The zero-order chi connectivity index (χ0) is 17.2. The lowest BCUT2D eigenvalue weighted by atomic mass is 10.1. The quantitative estimate of drug-likeness (QED) is 0.573. The summed E-state index contributed by atoms with van der Waals surface area (Å²) in [6, 6.07) is 3.49. The number of aromatic amines is 1. The molecule has 0 saturated heterocycles. The number of nitrogens with zero attached hydrogens (tertiary/aromatic N) is 3. The highest BCUT2D eigenvalue weighted by Gasteiger charge is 2.26. The molecule has 3 aromatic rings. The SMILES string of the molecule is O=c1[nH]ccc2cc(Nc3cnccn3)nc(NC3CCCC3O)c12. The van der Waals surface area contributed by atoms with Gasteiger partial charge in [0.05, 0.1) is 23.7 Å². The fourth-order valence-corrected chi connectivity index (χ4v) is 3.16. The molecule has 0 aliphatic heterocycles. The Morgan fingerprint density at radius 1 is 1.24 bits per heavy atom. The second-order valence-electron chi connectivity index (χ2n) is 6.09. The highest BCUT2D eigenvalue weighted by Crippen LogP contribution is 2.27. The standard InChI is InChI=1S/C17H18N6O2/c24-12-3-1-2-11(12)21-16-15-10(4-5-20-17(15)25)8-13(23-16)22-14-9-18-6-7-19-14/h4-9,11-12,24H,1-3H2,(H,20,25)(H2,19,21,22,23). The highest BCUT2D eigenvalue weighted by atomic mass is 16.3. The third-order valence-corrected chi connectivity index (χ3v) is 4.38. The molecule has 0 spiro atoms. The molecule has 3 heterocycles. The Labute approximate surface area is 143 Å². The van der Waals surface area contributed by atoms with Crippen molar-refractivity contribution in [1.82, 2.24) is 19.9 Å². The second kappa shape index (κ2) is 6.48.